The van der Waals surface area contributed by atoms with Crippen LogP contribution in [0.4, 0.5) is 0 Å². The summed E-state index contributed by atoms with van der Waals surface area (Å²) >= 11 is 9.22. The maximum absolute atomic E-state index is 12.4. The Kier molecular flexibility index (Phi) is 5.92. The lowest BCUT2D eigenvalue weighted by Crippen LogP contribution is -2.60. The summed E-state index contributed by atoms with van der Waals surface area (Å²) in [5, 5.41) is 3.37. The standard InChI is InChI=1S/C16H20BrClN2O3/c1-10(23-13-6-5-11(18)9-12(13)17)14(21)20-16(15(19)22)7-3-2-4-8-16/h5-6,9-10H,2-4,7-8H2,1H3,(H2,19,22)(H,20,21). The molecule has 5 nitrogen and oxygen atoms in total. The predicted octanol–water partition coefficient (Wildman–Crippen LogP) is 3.17. The number of hydrogen-bond acceptors (Lipinski definition) is 3. The molecule has 1 aromatic rings. The van der Waals surface area contributed by atoms with Crippen LogP contribution in [0.15, 0.2) is 22.7 Å². The van der Waals surface area contributed by atoms with Crippen molar-refractivity contribution in [2.45, 2.75) is 50.7 Å². The van der Waals surface area contributed by atoms with Gasteiger partial charge in [-0.3, -0.25) is 9.59 Å². The normalized spacial score (nSPS) is 18.0. The summed E-state index contributed by atoms with van der Waals surface area (Å²) < 4.78 is 6.32. The lowest BCUT2D eigenvalue weighted by Gasteiger charge is -2.35. The Labute approximate surface area is 149 Å². The highest BCUT2D eigenvalue weighted by atomic mass is 79.9. The summed E-state index contributed by atoms with van der Waals surface area (Å²) in [7, 11) is 0. The zero-order valence-electron chi connectivity index (χ0n) is 12.9. The maximum Gasteiger partial charge on any atom is 0.261 e. The van der Waals surface area contributed by atoms with Crippen molar-refractivity contribution < 1.29 is 14.3 Å². The van der Waals surface area contributed by atoms with E-state index in [0.29, 0.717) is 28.1 Å². The molecule has 1 atom stereocenters. The first-order chi connectivity index (χ1) is 10.8. The minimum atomic E-state index is -0.954. The molecule has 1 aromatic carbocycles. The maximum atomic E-state index is 12.4. The number of rotatable bonds is 5. The lowest BCUT2D eigenvalue weighted by molar-refractivity contribution is -0.136. The van der Waals surface area contributed by atoms with Crippen molar-refractivity contribution in [1.29, 1.82) is 0 Å². The molecule has 1 aliphatic carbocycles. The smallest absolute Gasteiger partial charge is 0.261 e. The van der Waals surface area contributed by atoms with Gasteiger partial charge in [0, 0.05) is 5.02 Å². The molecule has 7 heteroatoms. The van der Waals surface area contributed by atoms with Crippen LogP contribution >= 0.6 is 27.5 Å². The Morgan fingerprint density at radius 1 is 1.35 bits per heavy atom. The highest BCUT2D eigenvalue weighted by Crippen LogP contribution is 2.30. The van der Waals surface area contributed by atoms with Crippen molar-refractivity contribution in [3.05, 3.63) is 27.7 Å². The lowest BCUT2D eigenvalue weighted by atomic mass is 9.81. The molecular weight excluding hydrogens is 384 g/mol. The van der Waals surface area contributed by atoms with E-state index in [0.717, 1.165) is 19.3 Å². The molecule has 2 amide bonds. The predicted molar refractivity (Wildman–Crippen MR) is 92.4 cm³/mol. The summed E-state index contributed by atoms with van der Waals surface area (Å²) in [6, 6.07) is 5.05. The first-order valence-corrected chi connectivity index (χ1v) is 8.75. The fraction of sp³-hybridized carbons (Fsp3) is 0.500. The number of amides is 2. The van der Waals surface area contributed by atoms with E-state index in [9.17, 15) is 9.59 Å². The van der Waals surface area contributed by atoms with Crippen LogP contribution in [0.1, 0.15) is 39.0 Å². The van der Waals surface area contributed by atoms with E-state index >= 15 is 0 Å². The number of primary amides is 1. The van der Waals surface area contributed by atoms with E-state index in [1.807, 2.05) is 0 Å². The van der Waals surface area contributed by atoms with Crippen LogP contribution in [0.2, 0.25) is 5.02 Å². The van der Waals surface area contributed by atoms with E-state index < -0.39 is 17.6 Å². The second-order valence-corrected chi connectivity index (χ2v) is 7.12. The number of nitrogens with two attached hydrogens (primary N) is 1. The number of hydrogen-bond donors (Lipinski definition) is 2. The molecule has 1 aliphatic rings. The molecule has 2 rings (SSSR count). The van der Waals surface area contributed by atoms with Crippen LogP contribution in [0, 0.1) is 0 Å². The second-order valence-electron chi connectivity index (χ2n) is 5.83. The van der Waals surface area contributed by atoms with E-state index in [1.165, 1.54) is 0 Å². The van der Waals surface area contributed by atoms with Crippen LogP contribution in [0.5, 0.6) is 5.75 Å². The van der Waals surface area contributed by atoms with Crippen molar-refractivity contribution in [2.75, 3.05) is 0 Å². The molecular formula is C16H20BrClN2O3. The molecule has 1 unspecified atom stereocenters. The third kappa shape index (κ3) is 4.38. The van der Waals surface area contributed by atoms with Crippen LogP contribution in [0.25, 0.3) is 0 Å². The van der Waals surface area contributed by atoms with Gasteiger partial charge < -0.3 is 15.8 Å². The first-order valence-electron chi connectivity index (χ1n) is 7.58. The van der Waals surface area contributed by atoms with Crippen molar-refractivity contribution in [3.8, 4) is 5.75 Å². The van der Waals surface area contributed by atoms with E-state index in [1.54, 1.807) is 25.1 Å². The van der Waals surface area contributed by atoms with Gasteiger partial charge in [0.1, 0.15) is 11.3 Å². The van der Waals surface area contributed by atoms with Crippen molar-refractivity contribution in [3.63, 3.8) is 0 Å². The van der Waals surface area contributed by atoms with Gasteiger partial charge >= 0.3 is 0 Å². The van der Waals surface area contributed by atoms with Crippen molar-refractivity contribution >= 4 is 39.3 Å². The number of carbonyl (C=O) groups is 2. The largest absolute Gasteiger partial charge is 0.480 e. The Bertz CT molecular complexity index is 603. The molecule has 0 heterocycles. The molecule has 0 spiro atoms. The summed E-state index contributed by atoms with van der Waals surface area (Å²) in [5.41, 5.74) is 4.57. The average molecular weight is 404 g/mol. The van der Waals surface area contributed by atoms with Gasteiger partial charge in [0.25, 0.3) is 5.91 Å². The van der Waals surface area contributed by atoms with Gasteiger partial charge in [-0.25, -0.2) is 0 Å². The quantitative estimate of drug-likeness (QED) is 0.792. The van der Waals surface area contributed by atoms with Gasteiger partial charge in [-0.05, 0) is 53.9 Å². The van der Waals surface area contributed by atoms with Gasteiger partial charge in [0.05, 0.1) is 4.47 Å². The average Bonchev–Trinajstić information content (AvgIpc) is 2.50. The van der Waals surface area contributed by atoms with Gasteiger partial charge in [0.15, 0.2) is 6.10 Å². The molecule has 0 bridgehead atoms. The third-order valence-corrected chi connectivity index (χ3v) is 4.96. The summed E-state index contributed by atoms with van der Waals surface area (Å²) in [6.07, 6.45) is 3.19. The Hall–Kier alpha value is -1.27. The highest BCUT2D eigenvalue weighted by molar-refractivity contribution is 9.10. The van der Waals surface area contributed by atoms with Gasteiger partial charge in [-0.1, -0.05) is 30.9 Å². The molecule has 23 heavy (non-hydrogen) atoms. The number of halogens is 2. The zero-order chi connectivity index (χ0) is 17.0. The number of nitrogens with one attached hydrogen (secondary N) is 1. The molecule has 3 N–H and O–H groups in total. The monoisotopic (exact) mass is 402 g/mol. The minimum absolute atomic E-state index is 0.354. The van der Waals surface area contributed by atoms with Crippen LogP contribution in [-0.2, 0) is 9.59 Å². The Morgan fingerprint density at radius 2 is 2.00 bits per heavy atom. The second kappa shape index (κ2) is 7.53. The zero-order valence-corrected chi connectivity index (χ0v) is 15.2. The molecule has 0 saturated heterocycles. The van der Waals surface area contributed by atoms with Gasteiger partial charge in [-0.15, -0.1) is 0 Å². The van der Waals surface area contributed by atoms with E-state index in [2.05, 4.69) is 21.2 Å². The fourth-order valence-corrected chi connectivity index (χ4v) is 3.52. The molecule has 0 aromatic heterocycles. The number of ether oxygens (including phenoxy) is 1. The summed E-state index contributed by atoms with van der Waals surface area (Å²) in [5.74, 6) is -0.327. The van der Waals surface area contributed by atoms with Crippen molar-refractivity contribution in [2.24, 2.45) is 5.73 Å². The summed E-state index contributed by atoms with van der Waals surface area (Å²) in [6.45, 7) is 1.63. The van der Waals surface area contributed by atoms with E-state index in [4.69, 9.17) is 22.1 Å². The molecule has 0 aliphatic heterocycles. The Balaban J connectivity index is 2.05. The molecule has 126 valence electrons. The van der Waals surface area contributed by atoms with Crippen LogP contribution < -0.4 is 15.8 Å². The third-order valence-electron chi connectivity index (χ3n) is 4.11. The van der Waals surface area contributed by atoms with Gasteiger partial charge in [0.2, 0.25) is 5.91 Å². The number of carbonyl (C=O) groups excluding carboxylic acids is 2. The SMILES string of the molecule is CC(Oc1ccc(Cl)cc1Br)C(=O)NC1(C(N)=O)CCCCC1. The Morgan fingerprint density at radius 3 is 2.57 bits per heavy atom. The topological polar surface area (TPSA) is 81.4 Å². The van der Waals surface area contributed by atoms with Gasteiger partial charge in [-0.2, -0.15) is 0 Å². The molecule has 1 fully saturated rings. The highest BCUT2D eigenvalue weighted by Gasteiger charge is 2.40. The van der Waals surface area contributed by atoms with E-state index in [-0.39, 0.29) is 5.91 Å². The van der Waals surface area contributed by atoms with Crippen LogP contribution in [-0.4, -0.2) is 23.5 Å². The van der Waals surface area contributed by atoms with Crippen molar-refractivity contribution in [1.82, 2.24) is 5.32 Å². The summed E-state index contributed by atoms with van der Waals surface area (Å²) in [4.78, 5) is 24.2. The number of benzene rings is 1. The minimum Gasteiger partial charge on any atom is -0.480 e. The van der Waals surface area contributed by atoms with Crippen LogP contribution in [0.3, 0.4) is 0 Å². The first kappa shape index (κ1) is 18.1. The fourth-order valence-electron chi connectivity index (χ4n) is 2.74. The molecule has 0 radical (unpaired) electrons. The molecule has 1 saturated carbocycles.